The highest BCUT2D eigenvalue weighted by Gasteiger charge is 2.17. The number of benzene rings is 1. The highest BCUT2D eigenvalue weighted by atomic mass is 32.1. The molecule has 3 aromatic rings. The minimum Gasteiger partial charge on any atom is -0.378 e. The van der Waals surface area contributed by atoms with Crippen molar-refractivity contribution in [3.8, 4) is 0 Å². The van der Waals surface area contributed by atoms with Gasteiger partial charge in [0.1, 0.15) is 5.84 Å². The van der Waals surface area contributed by atoms with Crippen molar-refractivity contribution in [2.75, 3.05) is 24.3 Å². The minimum absolute atomic E-state index is 0.920. The van der Waals surface area contributed by atoms with Gasteiger partial charge >= 0.3 is 0 Å². The quantitative estimate of drug-likeness (QED) is 0.760. The van der Waals surface area contributed by atoms with Gasteiger partial charge in [-0.1, -0.05) is 6.08 Å². The Morgan fingerprint density at radius 2 is 2.00 bits per heavy atom. The van der Waals surface area contributed by atoms with E-state index < -0.39 is 0 Å². The van der Waals surface area contributed by atoms with Crippen molar-refractivity contribution < 1.29 is 0 Å². The molecule has 0 unspecified atom stereocenters. The lowest BCUT2D eigenvalue weighted by molar-refractivity contribution is 1.04. The topological polar surface area (TPSA) is 44.9 Å². The Labute approximate surface area is 151 Å². The first-order valence-electron chi connectivity index (χ1n) is 8.36. The molecule has 0 fully saturated rings. The Bertz CT molecular complexity index is 960. The van der Waals surface area contributed by atoms with E-state index in [9.17, 15) is 0 Å². The van der Waals surface area contributed by atoms with Gasteiger partial charge in [0.25, 0.3) is 0 Å². The summed E-state index contributed by atoms with van der Waals surface area (Å²) < 4.78 is 2.13. The molecule has 0 aliphatic carbocycles. The van der Waals surface area contributed by atoms with Gasteiger partial charge in [-0.25, -0.2) is 9.98 Å². The van der Waals surface area contributed by atoms with Crippen molar-refractivity contribution in [1.29, 1.82) is 0 Å². The second-order valence-electron chi connectivity index (χ2n) is 6.35. The summed E-state index contributed by atoms with van der Waals surface area (Å²) in [4.78, 5) is 12.6. The number of nitrogens with one attached hydrogen (secondary N) is 1. The molecule has 0 saturated heterocycles. The molecule has 3 heterocycles. The predicted molar refractivity (Wildman–Crippen MR) is 107 cm³/mol. The number of fused-ring (bicyclic) bond motifs is 1. The number of thiazole rings is 1. The van der Waals surface area contributed by atoms with Gasteiger partial charge in [0.2, 0.25) is 0 Å². The molecule has 128 valence electrons. The van der Waals surface area contributed by atoms with E-state index in [2.05, 4.69) is 61.5 Å². The summed E-state index contributed by atoms with van der Waals surface area (Å²) in [6.07, 6.45) is 6.17. The number of imidazole rings is 1. The van der Waals surface area contributed by atoms with E-state index in [0.717, 1.165) is 46.4 Å². The van der Waals surface area contributed by atoms with Crippen molar-refractivity contribution in [2.24, 2.45) is 4.99 Å². The third-order valence-electron chi connectivity index (χ3n) is 4.33. The summed E-state index contributed by atoms with van der Waals surface area (Å²) in [5.41, 5.74) is 5.38. The normalized spacial score (nSPS) is 14.4. The lowest BCUT2D eigenvalue weighted by Gasteiger charge is -2.16. The predicted octanol–water partition coefficient (Wildman–Crippen LogP) is 4.42. The molecule has 0 radical (unpaired) electrons. The van der Waals surface area contributed by atoms with Crippen molar-refractivity contribution in [1.82, 2.24) is 9.38 Å². The van der Waals surface area contributed by atoms with Gasteiger partial charge < -0.3 is 10.2 Å². The average molecular weight is 351 g/mol. The van der Waals surface area contributed by atoms with Gasteiger partial charge in [0.05, 0.1) is 17.1 Å². The molecule has 0 bridgehead atoms. The molecule has 0 saturated carbocycles. The molecule has 4 rings (SSSR count). The molecule has 0 amide bonds. The van der Waals surface area contributed by atoms with Crippen LogP contribution in [0.3, 0.4) is 0 Å². The van der Waals surface area contributed by atoms with Crippen LogP contribution in [0.5, 0.6) is 0 Å². The number of amidine groups is 1. The van der Waals surface area contributed by atoms with Crippen LogP contribution in [0.2, 0.25) is 0 Å². The van der Waals surface area contributed by atoms with Crippen LogP contribution in [0.4, 0.5) is 11.4 Å². The van der Waals surface area contributed by atoms with Gasteiger partial charge in [-0.05, 0) is 37.6 Å². The number of rotatable bonds is 3. The maximum atomic E-state index is 4.87. The van der Waals surface area contributed by atoms with Gasteiger partial charge in [0, 0.05) is 43.5 Å². The van der Waals surface area contributed by atoms with Crippen LogP contribution in [0.1, 0.15) is 24.2 Å². The number of nitrogens with zero attached hydrogens (tertiary/aromatic N) is 4. The first-order chi connectivity index (χ1) is 12.1. The van der Waals surface area contributed by atoms with Crippen molar-refractivity contribution in [3.63, 3.8) is 0 Å². The number of aryl methyl sites for hydroxylation is 1. The van der Waals surface area contributed by atoms with Crippen LogP contribution in [0.25, 0.3) is 10.7 Å². The van der Waals surface area contributed by atoms with Crippen LogP contribution >= 0.6 is 11.3 Å². The fraction of sp³-hybridized carbons (Fsp3) is 0.263. The monoisotopic (exact) mass is 351 g/mol. The number of allylic oxidation sites excluding steroid dienone is 1. The Hall–Kier alpha value is -2.60. The fourth-order valence-corrected chi connectivity index (χ4v) is 3.80. The van der Waals surface area contributed by atoms with Crippen molar-refractivity contribution >= 4 is 39.2 Å². The summed E-state index contributed by atoms with van der Waals surface area (Å²) in [5, 5.41) is 5.52. The van der Waals surface area contributed by atoms with E-state index >= 15 is 0 Å². The van der Waals surface area contributed by atoms with E-state index in [1.54, 1.807) is 11.3 Å². The van der Waals surface area contributed by atoms with Gasteiger partial charge in [-0.3, -0.25) is 4.40 Å². The van der Waals surface area contributed by atoms with Gasteiger partial charge in [0.15, 0.2) is 4.96 Å². The number of aliphatic imine (C=N–C) groups is 1. The zero-order valence-corrected chi connectivity index (χ0v) is 15.5. The summed E-state index contributed by atoms with van der Waals surface area (Å²) in [6, 6.07) is 8.41. The molecule has 5 nitrogen and oxygen atoms in total. The fourth-order valence-electron chi connectivity index (χ4n) is 3.04. The van der Waals surface area contributed by atoms with Crippen LogP contribution < -0.4 is 10.2 Å². The van der Waals surface area contributed by atoms with Crippen LogP contribution in [-0.2, 0) is 0 Å². The van der Waals surface area contributed by atoms with E-state index in [1.165, 1.54) is 5.69 Å². The van der Waals surface area contributed by atoms with E-state index in [1.807, 2.05) is 21.0 Å². The summed E-state index contributed by atoms with van der Waals surface area (Å²) in [7, 11) is 4.09. The number of aromatic nitrogens is 2. The zero-order chi connectivity index (χ0) is 17.4. The summed E-state index contributed by atoms with van der Waals surface area (Å²) in [6.45, 7) is 2.05. The number of anilines is 2. The first-order valence-corrected chi connectivity index (χ1v) is 9.24. The van der Waals surface area contributed by atoms with Crippen LogP contribution in [0.15, 0.2) is 46.9 Å². The lowest BCUT2D eigenvalue weighted by atomic mass is 10.1. The molecule has 0 atom stereocenters. The second-order valence-corrected chi connectivity index (χ2v) is 7.23. The standard InChI is InChI=1S/C19H21N5S/c1-13-18(24-11-12-25-19(24)20-13)16-5-4-6-17(22-16)21-14-7-9-15(10-8-14)23(2)3/h5,7-12H,4,6H2,1-3H3,(H,21,22). The Balaban J connectivity index is 1.60. The summed E-state index contributed by atoms with van der Waals surface area (Å²) in [5.74, 6) is 1.000. The SMILES string of the molecule is Cc1nc2sccn2c1C1=CCCC(Nc2ccc(N(C)C)cc2)=N1. The summed E-state index contributed by atoms with van der Waals surface area (Å²) >= 11 is 1.65. The Morgan fingerprint density at radius 3 is 2.76 bits per heavy atom. The molecule has 1 aromatic carbocycles. The molecule has 2 aromatic heterocycles. The highest BCUT2D eigenvalue weighted by Crippen LogP contribution is 2.28. The molecule has 6 heteroatoms. The Morgan fingerprint density at radius 1 is 1.20 bits per heavy atom. The van der Waals surface area contributed by atoms with Crippen LogP contribution in [-0.4, -0.2) is 29.3 Å². The molecule has 1 aliphatic rings. The third kappa shape index (κ3) is 3.05. The third-order valence-corrected chi connectivity index (χ3v) is 5.08. The zero-order valence-electron chi connectivity index (χ0n) is 14.7. The number of hydrogen-bond donors (Lipinski definition) is 1. The first kappa shape index (κ1) is 15.9. The molecular formula is C19H21N5S. The number of hydrogen-bond acceptors (Lipinski definition) is 5. The molecule has 0 spiro atoms. The van der Waals surface area contributed by atoms with E-state index in [-0.39, 0.29) is 0 Å². The maximum Gasteiger partial charge on any atom is 0.194 e. The van der Waals surface area contributed by atoms with E-state index in [4.69, 9.17) is 4.99 Å². The van der Waals surface area contributed by atoms with Crippen molar-refractivity contribution in [2.45, 2.75) is 19.8 Å². The van der Waals surface area contributed by atoms with Gasteiger partial charge in [-0.2, -0.15) is 0 Å². The smallest absolute Gasteiger partial charge is 0.194 e. The minimum atomic E-state index is 0.920. The Kier molecular flexibility index (Phi) is 4.05. The maximum absolute atomic E-state index is 4.87. The van der Waals surface area contributed by atoms with Crippen LogP contribution in [0, 0.1) is 6.92 Å². The van der Waals surface area contributed by atoms with Gasteiger partial charge in [-0.15, -0.1) is 11.3 Å². The average Bonchev–Trinajstić information content (AvgIpc) is 3.15. The van der Waals surface area contributed by atoms with E-state index in [0.29, 0.717) is 0 Å². The largest absolute Gasteiger partial charge is 0.378 e. The van der Waals surface area contributed by atoms with Crippen molar-refractivity contribution in [3.05, 3.63) is 53.3 Å². The highest BCUT2D eigenvalue weighted by molar-refractivity contribution is 7.15. The molecular weight excluding hydrogens is 330 g/mol. The lowest BCUT2D eigenvalue weighted by Crippen LogP contribution is -2.15. The second kappa shape index (κ2) is 6.37. The molecule has 1 N–H and O–H groups in total. The molecule has 25 heavy (non-hydrogen) atoms. The molecule has 1 aliphatic heterocycles.